The molecule has 2 heterocycles. The second kappa shape index (κ2) is 7.29. The average Bonchev–Trinajstić information content (AvgIpc) is 3.23. The van der Waals surface area contributed by atoms with Crippen molar-refractivity contribution in [2.45, 2.75) is 44.6 Å². The second-order valence-corrected chi connectivity index (χ2v) is 5.88. The van der Waals surface area contributed by atoms with Gasteiger partial charge in [-0.25, -0.2) is 4.40 Å². The maximum absolute atomic E-state index is 12.1. The summed E-state index contributed by atoms with van der Waals surface area (Å²) in [5, 5.41) is 13.6. The highest BCUT2D eigenvalue weighted by atomic mass is 16.5. The molecule has 0 atom stereocenters. The van der Waals surface area contributed by atoms with E-state index < -0.39 is 0 Å². The largest absolute Gasteiger partial charge is 0.482 e. The summed E-state index contributed by atoms with van der Waals surface area (Å²) in [6.07, 6.45) is 4.65. The van der Waals surface area contributed by atoms with Crippen molar-refractivity contribution in [3.05, 3.63) is 18.2 Å². The van der Waals surface area contributed by atoms with E-state index >= 15 is 0 Å². The van der Waals surface area contributed by atoms with Crippen LogP contribution in [0.15, 0.2) is 18.2 Å². The molecular weight excluding hydrogens is 310 g/mol. The van der Waals surface area contributed by atoms with Gasteiger partial charge in [-0.1, -0.05) is 18.9 Å². The van der Waals surface area contributed by atoms with Gasteiger partial charge in [0.25, 0.3) is 0 Å². The van der Waals surface area contributed by atoms with E-state index in [0.29, 0.717) is 11.5 Å². The van der Waals surface area contributed by atoms with Crippen LogP contribution in [0, 0.1) is 0 Å². The minimum atomic E-state index is -0.281. The van der Waals surface area contributed by atoms with Crippen molar-refractivity contribution in [1.29, 1.82) is 0 Å². The first-order chi connectivity index (χ1) is 11.7. The lowest BCUT2D eigenvalue weighted by atomic mass is 10.2. The van der Waals surface area contributed by atoms with E-state index in [4.69, 9.17) is 4.74 Å². The Bertz CT molecular complexity index is 736. The molecule has 1 fully saturated rings. The summed E-state index contributed by atoms with van der Waals surface area (Å²) < 4.78 is 6.86. The van der Waals surface area contributed by atoms with E-state index in [-0.39, 0.29) is 36.6 Å². The number of methoxy groups -OCH3 is 1. The first kappa shape index (κ1) is 16.2. The number of hydrogen-bond acceptors (Lipinski definition) is 5. The standard InChI is InChI=1S/C16H21N5O3/c1-24-15-8-4-7-12-19-20-16(21(12)15)18-14(23)10-9-13(22)17-11-5-2-3-6-11/h4,7-8,11H,2-3,5-6,9-10H2,1H3,(H,17,22)(H,18,20,23). The van der Waals surface area contributed by atoms with Gasteiger partial charge in [-0.2, -0.15) is 0 Å². The van der Waals surface area contributed by atoms with Crippen molar-refractivity contribution >= 4 is 23.4 Å². The third kappa shape index (κ3) is 3.64. The molecule has 1 aliphatic rings. The SMILES string of the molecule is COc1cccc2nnc(NC(=O)CCC(=O)NC3CCCC3)n12. The third-order valence-corrected chi connectivity index (χ3v) is 4.15. The molecule has 0 bridgehead atoms. The minimum Gasteiger partial charge on any atom is -0.482 e. The molecule has 2 N–H and O–H groups in total. The molecule has 128 valence electrons. The van der Waals surface area contributed by atoms with E-state index in [1.165, 1.54) is 7.11 Å². The van der Waals surface area contributed by atoms with Crippen molar-refractivity contribution in [3.8, 4) is 5.88 Å². The number of ether oxygens (including phenoxy) is 1. The molecule has 0 saturated heterocycles. The molecule has 0 radical (unpaired) electrons. The normalized spacial score (nSPS) is 14.7. The maximum atomic E-state index is 12.1. The minimum absolute atomic E-state index is 0.0827. The predicted molar refractivity (Wildman–Crippen MR) is 87.8 cm³/mol. The first-order valence-corrected chi connectivity index (χ1v) is 8.14. The van der Waals surface area contributed by atoms with Crippen LogP contribution in [0.1, 0.15) is 38.5 Å². The van der Waals surface area contributed by atoms with Gasteiger partial charge in [-0.15, -0.1) is 10.2 Å². The van der Waals surface area contributed by atoms with Gasteiger partial charge >= 0.3 is 0 Å². The van der Waals surface area contributed by atoms with E-state index in [1.54, 1.807) is 22.6 Å². The van der Waals surface area contributed by atoms with Crippen molar-refractivity contribution < 1.29 is 14.3 Å². The molecule has 2 aromatic heterocycles. The Morgan fingerprint density at radius 2 is 1.96 bits per heavy atom. The molecule has 0 aliphatic heterocycles. The fraction of sp³-hybridized carbons (Fsp3) is 0.500. The zero-order valence-electron chi connectivity index (χ0n) is 13.6. The second-order valence-electron chi connectivity index (χ2n) is 5.88. The Kier molecular flexibility index (Phi) is 4.93. The summed E-state index contributed by atoms with van der Waals surface area (Å²) in [5.41, 5.74) is 0.573. The number of carbonyl (C=O) groups is 2. The Morgan fingerprint density at radius 1 is 1.21 bits per heavy atom. The van der Waals surface area contributed by atoms with Gasteiger partial charge in [0, 0.05) is 18.9 Å². The van der Waals surface area contributed by atoms with Crippen LogP contribution in [0.2, 0.25) is 0 Å². The van der Waals surface area contributed by atoms with Crippen molar-refractivity contribution in [3.63, 3.8) is 0 Å². The Balaban J connectivity index is 1.56. The molecule has 0 unspecified atom stereocenters. The molecule has 8 heteroatoms. The third-order valence-electron chi connectivity index (χ3n) is 4.15. The van der Waals surface area contributed by atoms with E-state index in [1.807, 2.05) is 0 Å². The van der Waals surface area contributed by atoms with Crippen LogP contribution >= 0.6 is 0 Å². The predicted octanol–water partition coefficient (Wildman–Crippen LogP) is 1.52. The number of nitrogens with one attached hydrogen (secondary N) is 2. The van der Waals surface area contributed by atoms with Crippen LogP contribution in [0.4, 0.5) is 5.95 Å². The van der Waals surface area contributed by atoms with Crippen LogP contribution in [-0.4, -0.2) is 39.6 Å². The summed E-state index contributed by atoms with van der Waals surface area (Å²) in [7, 11) is 1.54. The van der Waals surface area contributed by atoms with Crippen molar-refractivity contribution in [1.82, 2.24) is 19.9 Å². The summed E-state index contributed by atoms with van der Waals surface area (Å²) in [4.78, 5) is 24.0. The van der Waals surface area contributed by atoms with E-state index in [9.17, 15) is 9.59 Å². The number of aromatic nitrogens is 3. The Morgan fingerprint density at radius 3 is 2.71 bits per heavy atom. The number of hydrogen-bond donors (Lipinski definition) is 2. The topological polar surface area (TPSA) is 97.6 Å². The molecule has 8 nitrogen and oxygen atoms in total. The zero-order valence-corrected chi connectivity index (χ0v) is 13.6. The van der Waals surface area contributed by atoms with Gasteiger partial charge in [0.1, 0.15) is 0 Å². The van der Waals surface area contributed by atoms with Gasteiger partial charge in [-0.05, 0) is 25.0 Å². The summed E-state index contributed by atoms with van der Waals surface area (Å²) in [6.45, 7) is 0. The molecule has 3 rings (SSSR count). The lowest BCUT2D eigenvalue weighted by molar-refractivity contribution is -0.124. The van der Waals surface area contributed by atoms with Gasteiger partial charge in [0.15, 0.2) is 5.65 Å². The molecule has 1 aliphatic carbocycles. The van der Waals surface area contributed by atoms with E-state index in [0.717, 1.165) is 25.7 Å². The van der Waals surface area contributed by atoms with Gasteiger partial charge in [0.05, 0.1) is 7.11 Å². The van der Waals surface area contributed by atoms with Gasteiger partial charge < -0.3 is 10.1 Å². The summed E-state index contributed by atoms with van der Waals surface area (Å²) >= 11 is 0. The molecule has 24 heavy (non-hydrogen) atoms. The van der Waals surface area contributed by atoms with E-state index in [2.05, 4.69) is 20.8 Å². The first-order valence-electron chi connectivity index (χ1n) is 8.14. The quantitative estimate of drug-likeness (QED) is 0.836. The Labute approximate surface area is 139 Å². The number of carbonyl (C=O) groups excluding carboxylic acids is 2. The highest BCUT2D eigenvalue weighted by Gasteiger charge is 2.18. The van der Waals surface area contributed by atoms with Crippen LogP contribution in [0.25, 0.3) is 5.65 Å². The summed E-state index contributed by atoms with van der Waals surface area (Å²) in [5.74, 6) is 0.438. The molecule has 2 amide bonds. The maximum Gasteiger partial charge on any atom is 0.238 e. The smallest absolute Gasteiger partial charge is 0.238 e. The zero-order chi connectivity index (χ0) is 16.9. The van der Waals surface area contributed by atoms with Gasteiger partial charge in [0.2, 0.25) is 23.6 Å². The molecule has 1 saturated carbocycles. The number of rotatable bonds is 6. The molecular formula is C16H21N5O3. The highest BCUT2D eigenvalue weighted by molar-refractivity contribution is 5.92. The van der Waals surface area contributed by atoms with Crippen molar-refractivity contribution in [2.75, 3.05) is 12.4 Å². The molecule has 0 aromatic carbocycles. The number of amides is 2. The molecule has 0 spiro atoms. The number of nitrogens with zero attached hydrogens (tertiary/aromatic N) is 3. The monoisotopic (exact) mass is 331 g/mol. The average molecular weight is 331 g/mol. The lowest BCUT2D eigenvalue weighted by Crippen LogP contribution is -2.33. The molecule has 2 aromatic rings. The number of fused-ring (bicyclic) bond motifs is 1. The van der Waals surface area contributed by atoms with Crippen LogP contribution in [-0.2, 0) is 9.59 Å². The lowest BCUT2D eigenvalue weighted by Gasteiger charge is -2.11. The van der Waals surface area contributed by atoms with Crippen LogP contribution < -0.4 is 15.4 Å². The number of pyridine rings is 1. The highest BCUT2D eigenvalue weighted by Crippen LogP contribution is 2.19. The van der Waals surface area contributed by atoms with Crippen molar-refractivity contribution in [2.24, 2.45) is 0 Å². The fourth-order valence-corrected chi connectivity index (χ4v) is 2.94. The van der Waals surface area contributed by atoms with Crippen LogP contribution in [0.3, 0.4) is 0 Å². The summed E-state index contributed by atoms with van der Waals surface area (Å²) in [6, 6.07) is 5.58. The van der Waals surface area contributed by atoms with Gasteiger partial charge in [-0.3, -0.25) is 14.9 Å². The fourth-order valence-electron chi connectivity index (χ4n) is 2.94. The van der Waals surface area contributed by atoms with Crippen LogP contribution in [0.5, 0.6) is 5.88 Å². The number of anilines is 1. The Hall–Kier alpha value is -2.64.